The highest BCUT2D eigenvalue weighted by atomic mass is 16.2. The molecule has 0 unspecified atom stereocenters. The normalized spacial score (nSPS) is 19.9. The Morgan fingerprint density at radius 2 is 1.74 bits per heavy atom. The summed E-state index contributed by atoms with van der Waals surface area (Å²) in [6.07, 6.45) is 1.08. The molecule has 5 heteroatoms. The Kier molecular flexibility index (Phi) is 5.18. The highest BCUT2D eigenvalue weighted by Crippen LogP contribution is 2.22. The SMILES string of the molecule is CC(C)N1CCN(c2ccc(CCN3CCNCC3)cc2)C1=O. The van der Waals surface area contributed by atoms with Crippen LogP contribution < -0.4 is 10.2 Å². The first-order valence-electron chi connectivity index (χ1n) is 8.75. The van der Waals surface area contributed by atoms with Crippen LogP contribution in [0.25, 0.3) is 0 Å². The van der Waals surface area contributed by atoms with Crippen molar-refractivity contribution in [3.63, 3.8) is 0 Å². The maximum atomic E-state index is 12.4. The summed E-state index contributed by atoms with van der Waals surface area (Å²) in [5, 5.41) is 3.38. The molecule has 23 heavy (non-hydrogen) atoms. The van der Waals surface area contributed by atoms with Gasteiger partial charge in [0.1, 0.15) is 0 Å². The number of urea groups is 1. The minimum atomic E-state index is 0.133. The molecule has 2 aliphatic rings. The number of nitrogens with zero attached hydrogens (tertiary/aromatic N) is 3. The van der Waals surface area contributed by atoms with E-state index < -0.39 is 0 Å². The predicted molar refractivity (Wildman–Crippen MR) is 94.0 cm³/mol. The van der Waals surface area contributed by atoms with Gasteiger partial charge >= 0.3 is 6.03 Å². The van der Waals surface area contributed by atoms with Gasteiger partial charge in [0.05, 0.1) is 0 Å². The van der Waals surface area contributed by atoms with Crippen molar-refractivity contribution >= 4 is 11.7 Å². The molecule has 5 nitrogen and oxygen atoms in total. The van der Waals surface area contributed by atoms with Crippen molar-refractivity contribution in [2.45, 2.75) is 26.3 Å². The van der Waals surface area contributed by atoms with E-state index in [9.17, 15) is 4.79 Å². The fourth-order valence-electron chi connectivity index (χ4n) is 3.34. The third-order valence-corrected chi connectivity index (χ3v) is 4.84. The van der Waals surface area contributed by atoms with Gasteiger partial charge in [-0.2, -0.15) is 0 Å². The third-order valence-electron chi connectivity index (χ3n) is 4.84. The molecule has 0 saturated carbocycles. The van der Waals surface area contributed by atoms with E-state index in [4.69, 9.17) is 0 Å². The van der Waals surface area contributed by atoms with Crippen molar-refractivity contribution in [1.82, 2.24) is 15.1 Å². The third kappa shape index (κ3) is 3.85. The van der Waals surface area contributed by atoms with Crippen molar-refractivity contribution in [1.29, 1.82) is 0 Å². The van der Waals surface area contributed by atoms with Crippen LogP contribution in [0, 0.1) is 0 Å². The second-order valence-electron chi connectivity index (χ2n) is 6.73. The first-order chi connectivity index (χ1) is 11.1. The molecule has 2 amide bonds. The van der Waals surface area contributed by atoms with Crippen LogP contribution in [0.2, 0.25) is 0 Å². The number of hydrogen-bond acceptors (Lipinski definition) is 3. The molecule has 0 atom stereocenters. The summed E-state index contributed by atoms with van der Waals surface area (Å²) in [5.41, 5.74) is 2.36. The first-order valence-corrected chi connectivity index (χ1v) is 8.75. The Balaban J connectivity index is 1.56. The van der Waals surface area contributed by atoms with E-state index in [0.29, 0.717) is 0 Å². The monoisotopic (exact) mass is 316 g/mol. The molecule has 0 spiro atoms. The number of carbonyl (C=O) groups excluding carboxylic acids is 1. The lowest BCUT2D eigenvalue weighted by atomic mass is 10.1. The summed E-state index contributed by atoms with van der Waals surface area (Å²) in [6.45, 7) is 11.4. The highest BCUT2D eigenvalue weighted by Gasteiger charge is 2.30. The summed E-state index contributed by atoms with van der Waals surface area (Å²) in [4.78, 5) is 18.7. The molecular formula is C18H28N4O. The Labute approximate surface area is 139 Å². The van der Waals surface area contributed by atoms with E-state index in [1.165, 1.54) is 5.56 Å². The van der Waals surface area contributed by atoms with Crippen LogP contribution in [0.15, 0.2) is 24.3 Å². The second kappa shape index (κ2) is 7.32. The topological polar surface area (TPSA) is 38.8 Å². The molecule has 0 aromatic heterocycles. The zero-order valence-electron chi connectivity index (χ0n) is 14.3. The molecule has 2 fully saturated rings. The molecule has 0 aliphatic carbocycles. The number of hydrogen-bond donors (Lipinski definition) is 1. The van der Waals surface area contributed by atoms with E-state index >= 15 is 0 Å². The fraction of sp³-hybridized carbons (Fsp3) is 0.611. The smallest absolute Gasteiger partial charge is 0.320 e. The summed E-state index contributed by atoms with van der Waals surface area (Å²) in [7, 11) is 0. The van der Waals surface area contributed by atoms with Gasteiger partial charge in [0.15, 0.2) is 0 Å². The van der Waals surface area contributed by atoms with Gasteiger partial charge in [0.25, 0.3) is 0 Å². The summed E-state index contributed by atoms with van der Waals surface area (Å²) in [5.74, 6) is 0. The Hall–Kier alpha value is -1.59. The number of nitrogens with one attached hydrogen (secondary N) is 1. The maximum absolute atomic E-state index is 12.4. The van der Waals surface area contributed by atoms with Crippen LogP contribution in [0.5, 0.6) is 0 Å². The average Bonchev–Trinajstić information content (AvgIpc) is 2.96. The molecule has 2 saturated heterocycles. The van der Waals surface area contributed by atoms with Crippen LogP contribution in [0.1, 0.15) is 19.4 Å². The molecule has 0 bridgehead atoms. The van der Waals surface area contributed by atoms with E-state index in [2.05, 4.69) is 48.3 Å². The van der Waals surface area contributed by atoms with E-state index in [1.807, 2.05) is 9.80 Å². The first kappa shape index (κ1) is 16.3. The number of amides is 2. The number of carbonyl (C=O) groups is 1. The number of piperazine rings is 1. The van der Waals surface area contributed by atoms with Crippen LogP contribution in [0.4, 0.5) is 10.5 Å². The standard InChI is InChI=1S/C18H28N4O/c1-15(2)21-13-14-22(18(21)23)17-5-3-16(4-6-17)7-10-20-11-8-19-9-12-20/h3-6,15,19H,7-14H2,1-2H3. The number of rotatable bonds is 5. The fourth-order valence-corrected chi connectivity index (χ4v) is 3.34. The van der Waals surface area contributed by atoms with E-state index in [-0.39, 0.29) is 12.1 Å². The van der Waals surface area contributed by atoms with Gasteiger partial charge in [-0.05, 0) is 38.0 Å². The molecule has 1 aromatic rings. The van der Waals surface area contributed by atoms with Crippen molar-refractivity contribution in [3.8, 4) is 0 Å². The van der Waals surface area contributed by atoms with Crippen molar-refractivity contribution in [2.24, 2.45) is 0 Å². The van der Waals surface area contributed by atoms with Gasteiger partial charge in [-0.15, -0.1) is 0 Å². The van der Waals surface area contributed by atoms with Crippen molar-refractivity contribution in [2.75, 3.05) is 50.7 Å². The lowest BCUT2D eigenvalue weighted by Gasteiger charge is -2.27. The zero-order chi connectivity index (χ0) is 16.2. The molecule has 1 N–H and O–H groups in total. The Bertz CT molecular complexity index is 522. The lowest BCUT2D eigenvalue weighted by Crippen LogP contribution is -2.44. The largest absolute Gasteiger partial charge is 0.324 e. The van der Waals surface area contributed by atoms with Crippen molar-refractivity contribution in [3.05, 3.63) is 29.8 Å². The summed E-state index contributed by atoms with van der Waals surface area (Å²) < 4.78 is 0. The van der Waals surface area contributed by atoms with Crippen LogP contribution in [0.3, 0.4) is 0 Å². The van der Waals surface area contributed by atoms with Gasteiger partial charge in [0.2, 0.25) is 0 Å². The maximum Gasteiger partial charge on any atom is 0.324 e. The molecule has 2 aliphatic heterocycles. The Morgan fingerprint density at radius 3 is 2.35 bits per heavy atom. The molecule has 2 heterocycles. The summed E-state index contributed by atoms with van der Waals surface area (Å²) >= 11 is 0. The molecule has 3 rings (SSSR count). The number of anilines is 1. The molecular weight excluding hydrogens is 288 g/mol. The predicted octanol–water partition coefficient (Wildman–Crippen LogP) is 1.78. The molecule has 0 radical (unpaired) electrons. The zero-order valence-corrected chi connectivity index (χ0v) is 14.3. The number of benzene rings is 1. The van der Waals surface area contributed by atoms with Gasteiger partial charge < -0.3 is 15.1 Å². The van der Waals surface area contributed by atoms with Crippen LogP contribution in [-0.4, -0.2) is 67.7 Å². The second-order valence-corrected chi connectivity index (χ2v) is 6.73. The minimum absolute atomic E-state index is 0.133. The quantitative estimate of drug-likeness (QED) is 0.900. The van der Waals surface area contributed by atoms with E-state index in [0.717, 1.165) is 57.9 Å². The lowest BCUT2D eigenvalue weighted by molar-refractivity contribution is 0.209. The van der Waals surface area contributed by atoms with Crippen LogP contribution >= 0.6 is 0 Å². The highest BCUT2D eigenvalue weighted by molar-refractivity contribution is 5.94. The van der Waals surface area contributed by atoms with Gasteiger partial charge in [-0.3, -0.25) is 4.90 Å². The molecule has 1 aromatic carbocycles. The van der Waals surface area contributed by atoms with Crippen LogP contribution in [-0.2, 0) is 6.42 Å². The van der Waals surface area contributed by atoms with Gasteiger partial charge in [0, 0.05) is 57.5 Å². The van der Waals surface area contributed by atoms with Gasteiger partial charge in [-0.1, -0.05) is 12.1 Å². The minimum Gasteiger partial charge on any atom is -0.320 e. The molecule has 126 valence electrons. The van der Waals surface area contributed by atoms with Gasteiger partial charge in [-0.25, -0.2) is 4.79 Å². The van der Waals surface area contributed by atoms with Crippen molar-refractivity contribution < 1.29 is 4.79 Å². The average molecular weight is 316 g/mol. The summed E-state index contributed by atoms with van der Waals surface area (Å²) in [6, 6.07) is 8.93. The van der Waals surface area contributed by atoms with E-state index in [1.54, 1.807) is 0 Å². The Morgan fingerprint density at radius 1 is 1.04 bits per heavy atom.